The Morgan fingerprint density at radius 2 is 1.55 bits per heavy atom. The highest BCUT2D eigenvalue weighted by molar-refractivity contribution is 7.89. The summed E-state index contributed by atoms with van der Waals surface area (Å²) in [5.41, 5.74) is 7.58. The van der Waals surface area contributed by atoms with E-state index in [-0.39, 0.29) is 18.0 Å². The molecule has 0 unspecified atom stereocenters. The van der Waals surface area contributed by atoms with Crippen LogP contribution in [0.5, 0.6) is 0 Å². The second-order valence-electron chi connectivity index (χ2n) is 12.0. The third kappa shape index (κ3) is 9.95. The topological polar surface area (TPSA) is 184 Å². The molecule has 0 aliphatic heterocycles. The van der Waals surface area contributed by atoms with Gasteiger partial charge in [-0.2, -0.15) is 27.8 Å². The summed E-state index contributed by atoms with van der Waals surface area (Å²) in [6, 6.07) is 22.1. The van der Waals surface area contributed by atoms with E-state index in [1.807, 2.05) is 62.4 Å². The third-order valence-electron chi connectivity index (χ3n) is 7.75. The fourth-order valence-corrected chi connectivity index (χ4v) is 7.27. The number of carbonyl (C=O) groups excluding carboxylic acids is 1. The molecule has 0 bridgehead atoms. The second-order valence-corrected chi connectivity index (χ2v) is 13.6. The van der Waals surface area contributed by atoms with E-state index in [1.54, 1.807) is 55.2 Å². The predicted molar refractivity (Wildman–Crippen MR) is 191 cm³/mol. The molecule has 53 heavy (non-hydrogen) atoms. The van der Waals surface area contributed by atoms with Gasteiger partial charge in [-0.1, -0.05) is 61.0 Å². The molecule has 5 rings (SSSR count). The van der Waals surface area contributed by atoms with Crippen molar-refractivity contribution in [2.75, 3.05) is 18.5 Å². The molecule has 1 amide bonds. The number of hydrogen-bond acceptors (Lipinski definition) is 8. The van der Waals surface area contributed by atoms with Gasteiger partial charge < -0.3 is 15.1 Å². The summed E-state index contributed by atoms with van der Waals surface area (Å²) >= 11 is 0. The van der Waals surface area contributed by atoms with Gasteiger partial charge in [0, 0.05) is 35.8 Å². The van der Waals surface area contributed by atoms with Gasteiger partial charge in [0.25, 0.3) is 5.91 Å². The number of aryl methyl sites for hydroxylation is 3. The van der Waals surface area contributed by atoms with E-state index in [0.717, 1.165) is 11.1 Å². The molecule has 0 aliphatic carbocycles. The molecule has 17 heteroatoms. The number of sulfonamides is 1. The number of fused-ring (bicyclic) bond motifs is 1. The molecule has 0 saturated carbocycles. The van der Waals surface area contributed by atoms with Crippen molar-refractivity contribution in [3.05, 3.63) is 107 Å². The van der Waals surface area contributed by atoms with Crippen LogP contribution in [0.25, 0.3) is 22.2 Å². The lowest BCUT2D eigenvalue weighted by atomic mass is 10.0. The van der Waals surface area contributed by atoms with E-state index in [9.17, 15) is 36.3 Å². The van der Waals surface area contributed by atoms with E-state index < -0.39 is 40.1 Å². The van der Waals surface area contributed by atoms with Crippen LogP contribution in [0.2, 0.25) is 0 Å². The zero-order chi connectivity index (χ0) is 39.1. The van der Waals surface area contributed by atoms with Crippen LogP contribution in [0.4, 0.5) is 19.0 Å². The molecule has 4 N–H and O–H groups in total. The normalized spacial score (nSPS) is 12.1. The maximum absolute atomic E-state index is 14.0. The van der Waals surface area contributed by atoms with Gasteiger partial charge in [-0.15, -0.1) is 0 Å². The number of amides is 1. The fourth-order valence-electron chi connectivity index (χ4n) is 5.63. The number of nitrogens with one attached hydrogen (secondary N) is 2. The molecule has 3 aromatic carbocycles. The first-order valence-electron chi connectivity index (χ1n) is 16.1. The Morgan fingerprint density at radius 1 is 0.925 bits per heavy atom. The fraction of sp³-hybridized carbons (Fsp3) is 0.250. The molecule has 0 saturated heterocycles. The summed E-state index contributed by atoms with van der Waals surface area (Å²) in [6.45, 7) is 6.92. The van der Waals surface area contributed by atoms with Gasteiger partial charge in [0.05, 0.1) is 10.4 Å². The quantitative estimate of drug-likeness (QED) is 0.121. The van der Waals surface area contributed by atoms with Crippen LogP contribution in [0.15, 0.2) is 90.0 Å². The van der Waals surface area contributed by atoms with Gasteiger partial charge in [0.2, 0.25) is 10.0 Å². The van der Waals surface area contributed by atoms with Crippen LogP contribution in [-0.4, -0.2) is 81.6 Å². The summed E-state index contributed by atoms with van der Waals surface area (Å²) < 4.78 is 60.9. The third-order valence-corrected chi connectivity index (χ3v) is 9.53. The molecule has 2 aromatic heterocycles. The highest BCUT2D eigenvalue weighted by atomic mass is 32.2. The van der Waals surface area contributed by atoms with Gasteiger partial charge in [-0.05, 0) is 68.7 Å². The molecular weight excluding hydrogens is 717 g/mol. The van der Waals surface area contributed by atoms with Gasteiger partial charge in [0.1, 0.15) is 17.6 Å². The minimum Gasteiger partial charge on any atom is -0.480 e. The first kappa shape index (κ1) is 40.0. The number of anilines is 1. The molecule has 1 atom stereocenters. The van der Waals surface area contributed by atoms with Crippen molar-refractivity contribution in [2.24, 2.45) is 0 Å². The zero-order valence-electron chi connectivity index (χ0n) is 29.0. The maximum atomic E-state index is 14.0. The lowest BCUT2D eigenvalue weighted by Crippen LogP contribution is -2.50. The van der Waals surface area contributed by atoms with Gasteiger partial charge >= 0.3 is 18.1 Å². The number of benzene rings is 3. The molecule has 0 fully saturated rings. The summed E-state index contributed by atoms with van der Waals surface area (Å²) in [6.07, 6.45) is -2.89. The maximum Gasteiger partial charge on any atom is 0.490 e. The molecule has 0 spiro atoms. The standard InChI is InChI=1S/C34H36N6O5S.C2HF3O2/c1-5-17-39(21-28(34(42)43)38-46(44,45)32-23(3)18-22(2)19-24(32)4)33(41)26-14-15-29-27(20-26)31(25-11-7-6-8-12-25)37-40(29)36-30-13-9-10-16-35-30;3-2(4,5)1(6)7/h6-16,18-20,28,38H,5,17,21H2,1-4H3,(H,35,36)(H,42,43);(H,6,7)/t28-;/m0./s1. The summed E-state index contributed by atoms with van der Waals surface area (Å²) in [5.74, 6) is -3.99. The van der Waals surface area contributed by atoms with Crippen molar-refractivity contribution >= 4 is 44.6 Å². The smallest absolute Gasteiger partial charge is 0.480 e. The van der Waals surface area contributed by atoms with Crippen molar-refractivity contribution < 1.29 is 46.2 Å². The van der Waals surface area contributed by atoms with Crippen LogP contribution >= 0.6 is 0 Å². The summed E-state index contributed by atoms with van der Waals surface area (Å²) in [7, 11) is -4.21. The monoisotopic (exact) mass is 754 g/mol. The number of hydrogen-bond donors (Lipinski definition) is 4. The minimum absolute atomic E-state index is 0.0351. The van der Waals surface area contributed by atoms with E-state index in [0.29, 0.717) is 45.5 Å². The van der Waals surface area contributed by atoms with Crippen LogP contribution < -0.4 is 10.1 Å². The van der Waals surface area contributed by atoms with Crippen molar-refractivity contribution in [1.29, 1.82) is 0 Å². The van der Waals surface area contributed by atoms with E-state index in [4.69, 9.17) is 15.0 Å². The predicted octanol–water partition coefficient (Wildman–Crippen LogP) is 5.82. The number of alkyl halides is 3. The van der Waals surface area contributed by atoms with Gasteiger partial charge in [-0.3, -0.25) is 15.0 Å². The lowest BCUT2D eigenvalue weighted by molar-refractivity contribution is -0.192. The SMILES string of the molecule is CCCN(C[C@H](NS(=O)(=O)c1c(C)cc(C)cc1C)C(=O)O)C(=O)c1ccc2c(c1)c(-c1ccccc1)nn2Nc1ccccn1.O=C(O)C(F)(F)F. The molecule has 13 nitrogen and oxygen atoms in total. The average molecular weight is 755 g/mol. The minimum atomic E-state index is -5.08. The lowest BCUT2D eigenvalue weighted by Gasteiger charge is -2.26. The number of nitrogens with zero attached hydrogens (tertiary/aromatic N) is 4. The summed E-state index contributed by atoms with van der Waals surface area (Å²) in [5, 5.41) is 22.7. The Kier molecular flexibility index (Phi) is 12.6. The Hall–Kier alpha value is -5.81. The van der Waals surface area contributed by atoms with Crippen LogP contribution in [-0.2, 0) is 19.6 Å². The largest absolute Gasteiger partial charge is 0.490 e. The molecular formula is C36H37F3N6O7S. The second kappa shape index (κ2) is 16.7. The molecule has 2 heterocycles. The van der Waals surface area contributed by atoms with Gasteiger partial charge in [0.15, 0.2) is 0 Å². The van der Waals surface area contributed by atoms with E-state index in [2.05, 4.69) is 15.1 Å². The Balaban J connectivity index is 0.000000815. The van der Waals surface area contributed by atoms with Crippen molar-refractivity contribution in [3.63, 3.8) is 0 Å². The number of aliphatic carboxylic acids is 2. The number of rotatable bonds is 12. The van der Waals surface area contributed by atoms with Crippen molar-refractivity contribution in [3.8, 4) is 11.3 Å². The van der Waals surface area contributed by atoms with Gasteiger partial charge in [-0.25, -0.2) is 18.2 Å². The van der Waals surface area contributed by atoms with E-state index in [1.165, 1.54) is 4.90 Å². The Morgan fingerprint density at radius 3 is 2.09 bits per heavy atom. The number of carbonyl (C=O) groups is 3. The Labute approximate surface area is 303 Å². The summed E-state index contributed by atoms with van der Waals surface area (Å²) in [4.78, 5) is 42.6. The molecule has 0 aliphatic rings. The van der Waals surface area contributed by atoms with Crippen LogP contribution in [0, 0.1) is 20.8 Å². The molecule has 5 aromatic rings. The number of halogens is 3. The number of carboxylic acid groups (broad SMARTS) is 2. The highest BCUT2D eigenvalue weighted by Crippen LogP contribution is 2.30. The zero-order valence-corrected chi connectivity index (χ0v) is 29.9. The Bertz CT molecular complexity index is 2190. The number of pyridine rings is 1. The van der Waals surface area contributed by atoms with Crippen LogP contribution in [0.3, 0.4) is 0 Å². The highest BCUT2D eigenvalue weighted by Gasteiger charge is 2.38. The average Bonchev–Trinajstić information content (AvgIpc) is 3.44. The number of aromatic nitrogens is 3. The van der Waals surface area contributed by atoms with Crippen molar-refractivity contribution in [2.45, 2.75) is 51.2 Å². The van der Waals surface area contributed by atoms with Crippen LogP contribution in [0.1, 0.15) is 40.4 Å². The molecule has 280 valence electrons. The first-order valence-corrected chi connectivity index (χ1v) is 17.6. The molecule has 0 radical (unpaired) electrons. The van der Waals surface area contributed by atoms with Crippen molar-refractivity contribution in [1.82, 2.24) is 24.5 Å². The first-order chi connectivity index (χ1) is 24.9. The number of carboxylic acids is 2. The van der Waals surface area contributed by atoms with E-state index >= 15 is 0 Å².